The molecular formula is C27H19NO. The van der Waals surface area contributed by atoms with Crippen molar-refractivity contribution in [3.05, 3.63) is 90.0 Å². The number of hydrogen-bond acceptors (Lipinski definition) is 2. The summed E-state index contributed by atoms with van der Waals surface area (Å²) in [5.41, 5.74) is 5.31. The van der Waals surface area contributed by atoms with Crippen molar-refractivity contribution in [2.45, 2.75) is 13.8 Å². The number of hydrogen-bond donors (Lipinski definition) is 0. The molecule has 0 aliphatic rings. The molecule has 0 amide bonds. The SMILES string of the molecule is Cc1ccc2c(c1)c1cc(C)ccc1c1oc(-c3cccc4ccccc34)nc21. The van der Waals surface area contributed by atoms with Crippen molar-refractivity contribution >= 4 is 43.4 Å². The maximum atomic E-state index is 6.44. The van der Waals surface area contributed by atoms with Gasteiger partial charge in [0.2, 0.25) is 5.89 Å². The predicted octanol–water partition coefficient (Wildman–Crippen LogP) is 7.57. The van der Waals surface area contributed by atoms with Crippen LogP contribution in [0.3, 0.4) is 0 Å². The Morgan fingerprint density at radius 2 is 1.31 bits per heavy atom. The quantitative estimate of drug-likeness (QED) is 0.278. The van der Waals surface area contributed by atoms with Crippen molar-refractivity contribution in [1.29, 1.82) is 0 Å². The standard InChI is InChI=1S/C27H19NO/c1-16-10-12-20-23(14-16)24-15-17(2)11-13-21(24)26-25(20)28-27(29-26)22-9-5-7-18-6-3-4-8-19(18)22/h3-15H,1-2H3. The van der Waals surface area contributed by atoms with E-state index in [0.717, 1.165) is 32.8 Å². The average Bonchev–Trinajstić information content (AvgIpc) is 3.18. The molecule has 0 saturated heterocycles. The number of rotatable bonds is 1. The Hall–Kier alpha value is -3.65. The Morgan fingerprint density at radius 3 is 2.14 bits per heavy atom. The smallest absolute Gasteiger partial charge is 0.227 e. The lowest BCUT2D eigenvalue weighted by Gasteiger charge is -2.07. The van der Waals surface area contributed by atoms with E-state index >= 15 is 0 Å². The van der Waals surface area contributed by atoms with Crippen molar-refractivity contribution < 1.29 is 4.42 Å². The van der Waals surface area contributed by atoms with Gasteiger partial charge in [-0.2, -0.15) is 0 Å². The molecule has 0 fully saturated rings. The summed E-state index contributed by atoms with van der Waals surface area (Å²) >= 11 is 0. The topological polar surface area (TPSA) is 26.0 Å². The van der Waals surface area contributed by atoms with Gasteiger partial charge in [-0.05, 0) is 41.5 Å². The van der Waals surface area contributed by atoms with Crippen molar-refractivity contribution in [3.8, 4) is 11.5 Å². The molecule has 0 aliphatic carbocycles. The van der Waals surface area contributed by atoms with E-state index in [2.05, 4.69) is 92.7 Å². The lowest BCUT2D eigenvalue weighted by molar-refractivity contribution is 0.624. The van der Waals surface area contributed by atoms with Gasteiger partial charge in [0.15, 0.2) is 5.58 Å². The maximum Gasteiger partial charge on any atom is 0.227 e. The highest BCUT2D eigenvalue weighted by atomic mass is 16.3. The summed E-state index contributed by atoms with van der Waals surface area (Å²) in [4.78, 5) is 5.00. The van der Waals surface area contributed by atoms with Crippen molar-refractivity contribution in [3.63, 3.8) is 0 Å². The Bertz CT molecular complexity index is 1490. The van der Waals surface area contributed by atoms with Crippen LogP contribution in [0.25, 0.3) is 54.9 Å². The molecule has 0 saturated carbocycles. The highest BCUT2D eigenvalue weighted by molar-refractivity contribution is 6.23. The number of nitrogens with zero attached hydrogens (tertiary/aromatic N) is 1. The molecule has 1 heterocycles. The number of oxazole rings is 1. The van der Waals surface area contributed by atoms with Gasteiger partial charge in [0.05, 0.1) is 0 Å². The fourth-order valence-corrected chi connectivity index (χ4v) is 4.38. The summed E-state index contributed by atoms with van der Waals surface area (Å²) in [6.45, 7) is 4.27. The van der Waals surface area contributed by atoms with Gasteiger partial charge in [0.1, 0.15) is 5.52 Å². The van der Waals surface area contributed by atoms with Gasteiger partial charge in [-0.3, -0.25) is 0 Å². The molecule has 6 rings (SSSR count). The van der Waals surface area contributed by atoms with E-state index in [4.69, 9.17) is 9.40 Å². The molecule has 29 heavy (non-hydrogen) atoms. The van der Waals surface area contributed by atoms with Crippen LogP contribution in [0.1, 0.15) is 11.1 Å². The zero-order chi connectivity index (χ0) is 19.5. The molecule has 0 spiro atoms. The van der Waals surface area contributed by atoms with E-state index < -0.39 is 0 Å². The summed E-state index contributed by atoms with van der Waals surface area (Å²) < 4.78 is 6.44. The Balaban J connectivity index is 1.78. The van der Waals surface area contributed by atoms with E-state index in [0.29, 0.717) is 5.89 Å². The first-order valence-electron chi connectivity index (χ1n) is 9.90. The predicted molar refractivity (Wildman–Crippen MR) is 121 cm³/mol. The fraction of sp³-hybridized carbons (Fsp3) is 0.0741. The van der Waals surface area contributed by atoms with Gasteiger partial charge in [-0.25, -0.2) is 4.98 Å². The third kappa shape index (κ3) is 2.39. The molecule has 0 N–H and O–H groups in total. The summed E-state index contributed by atoms with van der Waals surface area (Å²) in [6, 6.07) is 27.8. The minimum atomic E-state index is 0.673. The van der Waals surface area contributed by atoms with Gasteiger partial charge in [-0.15, -0.1) is 0 Å². The van der Waals surface area contributed by atoms with Gasteiger partial charge < -0.3 is 4.42 Å². The number of benzene rings is 5. The minimum absolute atomic E-state index is 0.673. The van der Waals surface area contributed by atoms with Crippen molar-refractivity contribution in [2.75, 3.05) is 0 Å². The molecule has 0 radical (unpaired) electrons. The molecular weight excluding hydrogens is 354 g/mol. The zero-order valence-corrected chi connectivity index (χ0v) is 16.4. The Morgan fingerprint density at radius 1 is 0.621 bits per heavy atom. The monoisotopic (exact) mass is 373 g/mol. The van der Waals surface area contributed by atoms with Crippen LogP contribution < -0.4 is 0 Å². The number of fused-ring (bicyclic) bond motifs is 7. The molecule has 6 aromatic rings. The van der Waals surface area contributed by atoms with E-state index in [1.807, 2.05) is 0 Å². The van der Waals surface area contributed by atoms with Crippen LogP contribution in [0.4, 0.5) is 0 Å². The average molecular weight is 373 g/mol. The Labute approximate surface area is 168 Å². The van der Waals surface area contributed by atoms with Gasteiger partial charge in [0.25, 0.3) is 0 Å². The molecule has 2 heteroatoms. The van der Waals surface area contributed by atoms with Gasteiger partial charge in [-0.1, -0.05) is 83.9 Å². The lowest BCUT2D eigenvalue weighted by Crippen LogP contribution is -1.84. The van der Waals surface area contributed by atoms with Crippen LogP contribution >= 0.6 is 0 Å². The lowest BCUT2D eigenvalue weighted by atomic mass is 9.97. The second-order valence-corrected chi connectivity index (χ2v) is 7.82. The first-order valence-corrected chi connectivity index (χ1v) is 9.90. The second kappa shape index (κ2) is 5.92. The summed E-state index contributed by atoms with van der Waals surface area (Å²) in [5.74, 6) is 0.673. The van der Waals surface area contributed by atoms with Crippen molar-refractivity contribution in [1.82, 2.24) is 4.98 Å². The van der Waals surface area contributed by atoms with Crippen molar-refractivity contribution in [2.24, 2.45) is 0 Å². The molecule has 0 aliphatic heterocycles. The summed E-state index contributed by atoms with van der Waals surface area (Å²) in [6.07, 6.45) is 0. The molecule has 0 atom stereocenters. The summed E-state index contributed by atoms with van der Waals surface area (Å²) in [5, 5.41) is 7.04. The van der Waals surface area contributed by atoms with Crippen LogP contribution in [0, 0.1) is 13.8 Å². The first-order chi connectivity index (χ1) is 14.2. The fourth-order valence-electron chi connectivity index (χ4n) is 4.38. The van der Waals surface area contributed by atoms with Crippen LogP contribution in [-0.2, 0) is 0 Å². The molecule has 0 unspecified atom stereocenters. The van der Waals surface area contributed by atoms with Crippen LogP contribution in [0.15, 0.2) is 83.3 Å². The highest BCUT2D eigenvalue weighted by Gasteiger charge is 2.17. The van der Waals surface area contributed by atoms with Gasteiger partial charge in [0, 0.05) is 16.3 Å². The number of aryl methyl sites for hydroxylation is 2. The third-order valence-corrected chi connectivity index (χ3v) is 5.79. The zero-order valence-electron chi connectivity index (χ0n) is 16.4. The van der Waals surface area contributed by atoms with Crippen LogP contribution in [-0.4, -0.2) is 4.98 Å². The van der Waals surface area contributed by atoms with E-state index in [-0.39, 0.29) is 0 Å². The molecule has 2 nitrogen and oxygen atoms in total. The van der Waals surface area contributed by atoms with E-state index in [1.165, 1.54) is 27.3 Å². The largest absolute Gasteiger partial charge is 0.435 e. The third-order valence-electron chi connectivity index (χ3n) is 5.79. The second-order valence-electron chi connectivity index (χ2n) is 7.82. The number of aromatic nitrogens is 1. The molecule has 0 bridgehead atoms. The van der Waals surface area contributed by atoms with Crippen LogP contribution in [0.5, 0.6) is 0 Å². The summed E-state index contributed by atoms with van der Waals surface area (Å²) in [7, 11) is 0. The first kappa shape index (κ1) is 16.3. The van der Waals surface area contributed by atoms with Crippen LogP contribution in [0.2, 0.25) is 0 Å². The van der Waals surface area contributed by atoms with E-state index in [1.54, 1.807) is 0 Å². The van der Waals surface area contributed by atoms with Gasteiger partial charge >= 0.3 is 0 Å². The van der Waals surface area contributed by atoms with E-state index in [9.17, 15) is 0 Å². The molecule has 1 aromatic heterocycles. The normalized spacial score (nSPS) is 11.8. The Kier molecular flexibility index (Phi) is 3.33. The molecule has 5 aromatic carbocycles. The highest BCUT2D eigenvalue weighted by Crippen LogP contribution is 2.39. The maximum absolute atomic E-state index is 6.44. The minimum Gasteiger partial charge on any atom is -0.435 e. The molecule has 138 valence electrons.